The number of benzene rings is 1. The molecule has 0 spiro atoms. The van der Waals surface area contributed by atoms with Crippen LogP contribution in [0.15, 0.2) is 30.3 Å². The molecule has 0 saturated carbocycles. The van der Waals surface area contributed by atoms with E-state index >= 15 is 0 Å². The second kappa shape index (κ2) is 5.56. The van der Waals surface area contributed by atoms with Crippen LogP contribution in [0.3, 0.4) is 0 Å². The van der Waals surface area contributed by atoms with Crippen LogP contribution < -0.4 is 5.73 Å². The van der Waals surface area contributed by atoms with Gasteiger partial charge >= 0.3 is 5.97 Å². The highest BCUT2D eigenvalue weighted by atomic mass is 16.4. The highest BCUT2D eigenvalue weighted by Gasteiger charge is 2.32. The van der Waals surface area contributed by atoms with E-state index in [0.717, 1.165) is 12.0 Å². The van der Waals surface area contributed by atoms with E-state index in [4.69, 9.17) is 10.8 Å². The first-order chi connectivity index (χ1) is 9.08. The van der Waals surface area contributed by atoms with Gasteiger partial charge in [0, 0.05) is 18.3 Å². The van der Waals surface area contributed by atoms with Gasteiger partial charge in [-0.15, -0.1) is 0 Å². The van der Waals surface area contributed by atoms with E-state index in [2.05, 4.69) is 0 Å². The second-order valence-corrected chi connectivity index (χ2v) is 4.53. The SMILES string of the molecule is Nc1ccc(/C=C/C(=O)N2CCCC2C(=O)O)cc1. The summed E-state index contributed by atoms with van der Waals surface area (Å²) in [7, 11) is 0. The standard InChI is InChI=1S/C14H16N2O3/c15-11-6-3-10(4-7-11)5-8-13(17)16-9-1-2-12(16)14(18)19/h3-8,12H,1-2,9,15H2,(H,18,19)/b8-5+. The van der Waals surface area contributed by atoms with Crippen LogP contribution in [0.25, 0.3) is 6.08 Å². The average Bonchev–Trinajstić information content (AvgIpc) is 2.87. The maximum atomic E-state index is 12.0. The fourth-order valence-electron chi connectivity index (χ4n) is 2.16. The Labute approximate surface area is 111 Å². The van der Waals surface area contributed by atoms with Gasteiger partial charge in [0.15, 0.2) is 0 Å². The Kier molecular flexibility index (Phi) is 3.85. The van der Waals surface area contributed by atoms with E-state index in [1.54, 1.807) is 30.3 Å². The smallest absolute Gasteiger partial charge is 0.326 e. The molecule has 1 heterocycles. The number of hydrogen-bond acceptors (Lipinski definition) is 3. The van der Waals surface area contributed by atoms with Crippen LogP contribution in [0, 0.1) is 0 Å². The van der Waals surface area contributed by atoms with Gasteiger partial charge in [-0.05, 0) is 36.6 Å². The minimum Gasteiger partial charge on any atom is -0.480 e. The molecule has 0 aliphatic carbocycles. The summed E-state index contributed by atoms with van der Waals surface area (Å²) >= 11 is 0. The van der Waals surface area contributed by atoms with Crippen LogP contribution in [-0.4, -0.2) is 34.5 Å². The molecule has 1 saturated heterocycles. The van der Waals surface area contributed by atoms with Gasteiger partial charge in [-0.25, -0.2) is 4.79 Å². The fourth-order valence-corrected chi connectivity index (χ4v) is 2.16. The number of anilines is 1. The summed E-state index contributed by atoms with van der Waals surface area (Å²) in [5.41, 5.74) is 7.09. The lowest BCUT2D eigenvalue weighted by Gasteiger charge is -2.19. The molecule has 0 aromatic heterocycles. The van der Waals surface area contributed by atoms with Crippen molar-refractivity contribution >= 4 is 23.6 Å². The zero-order chi connectivity index (χ0) is 13.8. The monoisotopic (exact) mass is 260 g/mol. The Morgan fingerprint density at radius 3 is 2.63 bits per heavy atom. The summed E-state index contributed by atoms with van der Waals surface area (Å²) in [4.78, 5) is 24.3. The van der Waals surface area contributed by atoms with E-state index in [1.165, 1.54) is 11.0 Å². The molecule has 3 N–H and O–H groups in total. The van der Waals surface area contributed by atoms with Crippen molar-refractivity contribution in [2.24, 2.45) is 0 Å². The first-order valence-electron chi connectivity index (χ1n) is 6.15. The zero-order valence-electron chi connectivity index (χ0n) is 10.5. The van der Waals surface area contributed by atoms with E-state index in [1.807, 2.05) is 0 Å². The van der Waals surface area contributed by atoms with Crippen molar-refractivity contribution < 1.29 is 14.7 Å². The highest BCUT2D eigenvalue weighted by molar-refractivity contribution is 5.94. The first-order valence-corrected chi connectivity index (χ1v) is 6.15. The molecular weight excluding hydrogens is 244 g/mol. The maximum Gasteiger partial charge on any atom is 0.326 e. The Morgan fingerprint density at radius 1 is 1.32 bits per heavy atom. The molecule has 1 aromatic carbocycles. The third-order valence-corrected chi connectivity index (χ3v) is 3.18. The summed E-state index contributed by atoms with van der Waals surface area (Å²) in [6.45, 7) is 0.502. The maximum absolute atomic E-state index is 12.0. The molecule has 5 heteroatoms. The van der Waals surface area contributed by atoms with Gasteiger partial charge in [0.1, 0.15) is 6.04 Å². The van der Waals surface area contributed by atoms with Crippen LogP contribution >= 0.6 is 0 Å². The Balaban J connectivity index is 2.04. The van der Waals surface area contributed by atoms with Crippen molar-refractivity contribution in [1.82, 2.24) is 4.90 Å². The zero-order valence-corrected chi connectivity index (χ0v) is 10.5. The summed E-state index contributed by atoms with van der Waals surface area (Å²) < 4.78 is 0. The molecule has 19 heavy (non-hydrogen) atoms. The fraction of sp³-hybridized carbons (Fsp3) is 0.286. The van der Waals surface area contributed by atoms with E-state index in [0.29, 0.717) is 18.7 Å². The summed E-state index contributed by atoms with van der Waals surface area (Å²) in [6.07, 6.45) is 4.33. The number of nitrogen functional groups attached to an aromatic ring is 1. The van der Waals surface area contributed by atoms with Crippen LogP contribution in [0.2, 0.25) is 0 Å². The van der Waals surface area contributed by atoms with Gasteiger partial charge in [0.2, 0.25) is 5.91 Å². The normalized spacial score (nSPS) is 18.9. The van der Waals surface area contributed by atoms with Crippen molar-refractivity contribution in [3.05, 3.63) is 35.9 Å². The van der Waals surface area contributed by atoms with Gasteiger partial charge in [-0.3, -0.25) is 4.79 Å². The van der Waals surface area contributed by atoms with Crippen molar-refractivity contribution in [2.75, 3.05) is 12.3 Å². The lowest BCUT2D eigenvalue weighted by atomic mass is 10.2. The number of aliphatic carboxylic acids is 1. The van der Waals surface area contributed by atoms with Crippen LogP contribution in [0.4, 0.5) is 5.69 Å². The van der Waals surface area contributed by atoms with Gasteiger partial charge in [0.05, 0.1) is 0 Å². The number of hydrogen-bond donors (Lipinski definition) is 2. The molecule has 1 amide bonds. The minimum absolute atomic E-state index is 0.262. The van der Waals surface area contributed by atoms with Gasteiger partial charge < -0.3 is 15.7 Å². The number of carboxylic acid groups (broad SMARTS) is 1. The number of carboxylic acids is 1. The Morgan fingerprint density at radius 2 is 2.00 bits per heavy atom. The largest absolute Gasteiger partial charge is 0.480 e. The molecule has 1 aliphatic heterocycles. The predicted molar refractivity (Wildman–Crippen MR) is 72.3 cm³/mol. The Hall–Kier alpha value is -2.30. The molecule has 1 fully saturated rings. The Bertz CT molecular complexity index is 508. The number of rotatable bonds is 3. The number of nitrogens with two attached hydrogens (primary N) is 1. The van der Waals surface area contributed by atoms with Gasteiger partial charge in [0.25, 0.3) is 0 Å². The second-order valence-electron chi connectivity index (χ2n) is 4.53. The molecule has 1 unspecified atom stereocenters. The molecule has 2 rings (SSSR count). The number of carbonyl (C=O) groups excluding carboxylic acids is 1. The topological polar surface area (TPSA) is 83.6 Å². The molecule has 0 bridgehead atoms. The number of carbonyl (C=O) groups is 2. The highest BCUT2D eigenvalue weighted by Crippen LogP contribution is 2.18. The molecular formula is C14H16N2O3. The molecule has 1 aromatic rings. The van der Waals surface area contributed by atoms with Crippen LogP contribution in [-0.2, 0) is 9.59 Å². The third-order valence-electron chi connectivity index (χ3n) is 3.18. The summed E-state index contributed by atoms with van der Waals surface area (Å²) in [5, 5.41) is 9.02. The number of nitrogens with zero attached hydrogens (tertiary/aromatic N) is 1. The van der Waals surface area contributed by atoms with Crippen molar-refractivity contribution in [2.45, 2.75) is 18.9 Å². The third kappa shape index (κ3) is 3.13. The lowest BCUT2D eigenvalue weighted by Crippen LogP contribution is -2.39. The van der Waals surface area contributed by atoms with Crippen molar-refractivity contribution in [1.29, 1.82) is 0 Å². The predicted octanol–water partition coefficient (Wildman–Crippen LogP) is 1.36. The molecule has 5 nitrogen and oxygen atoms in total. The summed E-state index contributed by atoms with van der Waals surface area (Å²) in [5.74, 6) is -1.20. The first kappa shape index (κ1) is 13.1. The van der Waals surface area contributed by atoms with E-state index in [-0.39, 0.29) is 5.91 Å². The van der Waals surface area contributed by atoms with Crippen molar-refractivity contribution in [3.63, 3.8) is 0 Å². The van der Waals surface area contributed by atoms with E-state index in [9.17, 15) is 9.59 Å². The van der Waals surface area contributed by atoms with E-state index < -0.39 is 12.0 Å². The summed E-state index contributed by atoms with van der Waals surface area (Å²) in [6, 6.07) is 6.42. The molecule has 1 atom stereocenters. The van der Waals surface area contributed by atoms with Crippen LogP contribution in [0.5, 0.6) is 0 Å². The molecule has 0 radical (unpaired) electrons. The van der Waals surface area contributed by atoms with Gasteiger partial charge in [-0.2, -0.15) is 0 Å². The average molecular weight is 260 g/mol. The number of amides is 1. The molecule has 1 aliphatic rings. The van der Waals surface area contributed by atoms with Crippen molar-refractivity contribution in [3.8, 4) is 0 Å². The number of likely N-dealkylation sites (tertiary alicyclic amines) is 1. The minimum atomic E-state index is -0.938. The van der Waals surface area contributed by atoms with Crippen LogP contribution in [0.1, 0.15) is 18.4 Å². The molecule has 100 valence electrons. The van der Waals surface area contributed by atoms with Gasteiger partial charge in [-0.1, -0.05) is 12.1 Å². The quantitative estimate of drug-likeness (QED) is 0.635. The lowest BCUT2D eigenvalue weighted by molar-refractivity contribution is -0.146.